The van der Waals surface area contributed by atoms with Crippen LogP contribution < -0.4 is 10.2 Å². The highest BCUT2D eigenvalue weighted by atomic mass is 19.4. The highest BCUT2D eigenvalue weighted by molar-refractivity contribution is 6.05. The summed E-state index contributed by atoms with van der Waals surface area (Å²) in [6, 6.07) is 12.4. The van der Waals surface area contributed by atoms with E-state index in [2.05, 4.69) is 20.6 Å². The van der Waals surface area contributed by atoms with E-state index in [-0.39, 0.29) is 11.3 Å². The molecule has 5 rings (SSSR count). The quantitative estimate of drug-likeness (QED) is 0.398. The van der Waals surface area contributed by atoms with E-state index in [1.165, 1.54) is 0 Å². The molecule has 2 aromatic carbocycles. The molecule has 0 aliphatic carbocycles. The number of anilines is 2. The Labute approximate surface area is 205 Å². The van der Waals surface area contributed by atoms with E-state index in [0.29, 0.717) is 30.2 Å². The van der Waals surface area contributed by atoms with E-state index in [9.17, 15) is 18.0 Å². The van der Waals surface area contributed by atoms with Crippen LogP contribution in [0.3, 0.4) is 0 Å². The number of alkyl halides is 3. The number of nitrogens with zero attached hydrogens (tertiary/aromatic N) is 5. The summed E-state index contributed by atoms with van der Waals surface area (Å²) in [7, 11) is 0. The molecule has 1 aliphatic rings. The average Bonchev–Trinajstić information content (AvgIpc) is 3.57. The van der Waals surface area contributed by atoms with Gasteiger partial charge >= 0.3 is 6.18 Å². The zero-order valence-electron chi connectivity index (χ0n) is 19.5. The lowest BCUT2D eigenvalue weighted by molar-refractivity contribution is -0.137. The van der Waals surface area contributed by atoms with Crippen LogP contribution in [-0.2, 0) is 6.18 Å². The minimum Gasteiger partial charge on any atom is -0.371 e. The van der Waals surface area contributed by atoms with Crippen LogP contribution in [0.5, 0.6) is 0 Å². The number of nitrogens with one attached hydrogen (secondary N) is 1. The van der Waals surface area contributed by atoms with Crippen LogP contribution in [0.4, 0.5) is 24.5 Å². The molecule has 1 saturated heterocycles. The number of amides is 1. The van der Waals surface area contributed by atoms with Crippen molar-refractivity contribution in [2.75, 3.05) is 23.3 Å². The number of hydrogen-bond donors (Lipinski definition) is 1. The van der Waals surface area contributed by atoms with Gasteiger partial charge in [-0.25, -0.2) is 4.68 Å². The van der Waals surface area contributed by atoms with Crippen LogP contribution in [0.25, 0.3) is 16.9 Å². The summed E-state index contributed by atoms with van der Waals surface area (Å²) in [4.78, 5) is 19.1. The van der Waals surface area contributed by atoms with Crippen molar-refractivity contribution in [2.24, 2.45) is 0 Å². The molecular weight excluding hydrogens is 469 g/mol. The molecule has 1 amide bonds. The molecule has 7 nitrogen and oxygen atoms in total. The van der Waals surface area contributed by atoms with Crippen molar-refractivity contribution in [3.63, 3.8) is 0 Å². The summed E-state index contributed by atoms with van der Waals surface area (Å²) >= 11 is 0. The molecule has 184 valence electrons. The molecule has 4 aromatic rings. The van der Waals surface area contributed by atoms with Gasteiger partial charge in [-0.2, -0.15) is 13.2 Å². The molecule has 1 aliphatic heterocycles. The number of pyridine rings is 1. The van der Waals surface area contributed by atoms with E-state index in [0.717, 1.165) is 36.1 Å². The van der Waals surface area contributed by atoms with Crippen LogP contribution in [0, 0.1) is 6.92 Å². The van der Waals surface area contributed by atoms with E-state index in [4.69, 9.17) is 0 Å². The summed E-state index contributed by atoms with van der Waals surface area (Å²) in [5.74, 6) is -0.518. The Morgan fingerprint density at radius 2 is 1.86 bits per heavy atom. The zero-order valence-corrected chi connectivity index (χ0v) is 19.5. The smallest absolute Gasteiger partial charge is 0.371 e. The van der Waals surface area contributed by atoms with Gasteiger partial charge in [0.2, 0.25) is 0 Å². The molecule has 3 heterocycles. The Kier molecular flexibility index (Phi) is 6.17. The third-order valence-electron chi connectivity index (χ3n) is 6.14. The second kappa shape index (κ2) is 9.44. The average molecular weight is 493 g/mol. The van der Waals surface area contributed by atoms with Crippen LogP contribution in [0.15, 0.2) is 67.1 Å². The predicted octanol–water partition coefficient (Wildman–Crippen LogP) is 5.51. The number of halogens is 3. The Morgan fingerprint density at radius 3 is 2.58 bits per heavy atom. The molecule has 0 bridgehead atoms. The van der Waals surface area contributed by atoms with Crippen molar-refractivity contribution in [3.05, 3.63) is 83.8 Å². The lowest BCUT2D eigenvalue weighted by atomic mass is 10.1. The minimum atomic E-state index is -4.52. The molecule has 10 heteroatoms. The second-order valence-electron chi connectivity index (χ2n) is 8.71. The van der Waals surface area contributed by atoms with Crippen molar-refractivity contribution in [2.45, 2.75) is 25.9 Å². The number of benzene rings is 2. The molecule has 0 saturated carbocycles. The maximum Gasteiger partial charge on any atom is 0.416 e. The fraction of sp³-hybridized carbons (Fsp3) is 0.231. The molecule has 1 N–H and O–H groups in total. The molecule has 0 unspecified atom stereocenters. The zero-order chi connectivity index (χ0) is 25.3. The van der Waals surface area contributed by atoms with Gasteiger partial charge in [-0.1, -0.05) is 11.3 Å². The van der Waals surface area contributed by atoms with E-state index in [1.54, 1.807) is 53.6 Å². The number of hydrogen-bond acceptors (Lipinski definition) is 5. The van der Waals surface area contributed by atoms with Crippen LogP contribution in [-0.4, -0.2) is 39.0 Å². The van der Waals surface area contributed by atoms with Crippen LogP contribution in [0.2, 0.25) is 0 Å². The monoisotopic (exact) mass is 492 g/mol. The van der Waals surface area contributed by atoms with Gasteiger partial charge in [-0.15, -0.1) is 5.10 Å². The van der Waals surface area contributed by atoms with Crippen molar-refractivity contribution >= 4 is 17.3 Å². The van der Waals surface area contributed by atoms with Crippen molar-refractivity contribution < 1.29 is 18.0 Å². The molecule has 0 radical (unpaired) electrons. The lowest BCUT2D eigenvalue weighted by Crippen LogP contribution is -2.20. The van der Waals surface area contributed by atoms with Gasteiger partial charge in [0.25, 0.3) is 5.91 Å². The Balaban J connectivity index is 1.43. The summed E-state index contributed by atoms with van der Waals surface area (Å²) in [6.07, 6.45) is 2.40. The van der Waals surface area contributed by atoms with Crippen molar-refractivity contribution in [1.29, 1.82) is 0 Å². The number of carbonyl (C=O) groups is 1. The van der Waals surface area contributed by atoms with E-state index < -0.39 is 17.6 Å². The first kappa shape index (κ1) is 23.5. The van der Waals surface area contributed by atoms with Gasteiger partial charge in [0.15, 0.2) is 0 Å². The van der Waals surface area contributed by atoms with Gasteiger partial charge in [0.05, 0.1) is 17.4 Å². The van der Waals surface area contributed by atoms with Crippen molar-refractivity contribution in [3.8, 4) is 16.9 Å². The SMILES string of the molecule is Cc1ccc(C(=O)Nc2cc(N3CCCC3)cc(C(F)(F)F)c2)cc1-n1cc(-c2cccnc2)nn1. The third-order valence-corrected chi connectivity index (χ3v) is 6.14. The van der Waals surface area contributed by atoms with E-state index >= 15 is 0 Å². The maximum atomic E-state index is 13.6. The minimum absolute atomic E-state index is 0.0958. The Bertz CT molecular complexity index is 1390. The Hall–Kier alpha value is -4.21. The molecule has 0 spiro atoms. The first-order chi connectivity index (χ1) is 17.3. The number of aryl methyl sites for hydroxylation is 1. The third kappa shape index (κ3) is 4.93. The number of rotatable bonds is 5. The topological polar surface area (TPSA) is 75.9 Å². The largest absolute Gasteiger partial charge is 0.416 e. The van der Waals surface area contributed by atoms with Crippen LogP contribution >= 0.6 is 0 Å². The van der Waals surface area contributed by atoms with Gasteiger partial charge in [-0.3, -0.25) is 9.78 Å². The fourth-order valence-corrected chi connectivity index (χ4v) is 4.23. The normalized spacial score (nSPS) is 13.7. The standard InChI is InChI=1S/C26H23F3N6O/c1-17-6-7-18(11-24(17)35-16-23(32-33-35)19-5-4-8-30-15-19)25(36)31-21-12-20(26(27,28)29)13-22(14-21)34-9-2-3-10-34/h4-8,11-16H,2-3,9-10H2,1H3,(H,31,36). The molecule has 1 fully saturated rings. The fourth-order valence-electron chi connectivity index (χ4n) is 4.23. The highest BCUT2D eigenvalue weighted by Crippen LogP contribution is 2.35. The van der Waals surface area contributed by atoms with Gasteiger partial charge in [-0.05, 0) is 67.8 Å². The number of carbonyl (C=O) groups excluding carboxylic acids is 1. The predicted molar refractivity (Wildman–Crippen MR) is 130 cm³/mol. The Morgan fingerprint density at radius 1 is 1.06 bits per heavy atom. The highest BCUT2D eigenvalue weighted by Gasteiger charge is 2.32. The summed E-state index contributed by atoms with van der Waals surface area (Å²) in [5, 5.41) is 11.0. The van der Waals surface area contributed by atoms with Gasteiger partial charge in [0, 0.05) is 48.0 Å². The van der Waals surface area contributed by atoms with Crippen LogP contribution in [0.1, 0.15) is 34.3 Å². The van der Waals surface area contributed by atoms with Crippen molar-refractivity contribution in [1.82, 2.24) is 20.0 Å². The summed E-state index contributed by atoms with van der Waals surface area (Å²) in [6.45, 7) is 3.25. The molecule has 36 heavy (non-hydrogen) atoms. The van der Waals surface area contributed by atoms with Gasteiger partial charge < -0.3 is 10.2 Å². The lowest BCUT2D eigenvalue weighted by Gasteiger charge is -2.21. The number of aromatic nitrogens is 4. The molecule has 0 atom stereocenters. The summed E-state index contributed by atoms with van der Waals surface area (Å²) in [5.41, 5.74) is 2.94. The maximum absolute atomic E-state index is 13.6. The second-order valence-corrected chi connectivity index (χ2v) is 8.71. The van der Waals surface area contributed by atoms with E-state index in [1.807, 2.05) is 17.9 Å². The van der Waals surface area contributed by atoms with Gasteiger partial charge in [0.1, 0.15) is 5.69 Å². The molecular formula is C26H23F3N6O. The first-order valence-electron chi connectivity index (χ1n) is 11.5. The summed E-state index contributed by atoms with van der Waals surface area (Å²) < 4.78 is 42.2. The first-order valence-corrected chi connectivity index (χ1v) is 11.5. The molecule has 2 aromatic heterocycles.